The number of rotatable bonds is 10. The number of fused-ring (bicyclic) bond motifs is 1. The summed E-state index contributed by atoms with van der Waals surface area (Å²) in [6.07, 6.45) is 1.85. The molecule has 0 amide bonds. The highest BCUT2D eigenvalue weighted by Crippen LogP contribution is 2.30. The largest absolute Gasteiger partial charge is 0.494 e. The van der Waals surface area contributed by atoms with Crippen molar-refractivity contribution in [1.82, 2.24) is 10.6 Å². The van der Waals surface area contributed by atoms with Crippen LogP contribution in [-0.2, 0) is 0 Å². The van der Waals surface area contributed by atoms with Crippen molar-refractivity contribution in [2.24, 2.45) is 9.98 Å². The van der Waals surface area contributed by atoms with Gasteiger partial charge in [-0.05, 0) is 73.5 Å². The maximum Gasteiger partial charge on any atom is 0.135 e. The third-order valence-corrected chi connectivity index (χ3v) is 6.48. The van der Waals surface area contributed by atoms with E-state index in [0.29, 0.717) is 13.2 Å². The Kier molecular flexibility index (Phi) is 9.74. The minimum atomic E-state index is 0. The molecule has 3 heterocycles. The molecule has 6 rings (SSSR count). The van der Waals surface area contributed by atoms with Gasteiger partial charge in [0.25, 0.3) is 0 Å². The van der Waals surface area contributed by atoms with E-state index in [4.69, 9.17) is 13.9 Å². The second-order valence-corrected chi connectivity index (χ2v) is 9.13. The zero-order valence-electron chi connectivity index (χ0n) is 21.5. The zero-order valence-corrected chi connectivity index (χ0v) is 23.2. The Hall–Kier alpha value is -3.68. The van der Waals surface area contributed by atoms with Gasteiger partial charge in [-0.1, -0.05) is 12.1 Å². The fraction of sp³-hybridized carbons (Fsp3) is 0.267. The average molecular weight is 568 g/mol. The van der Waals surface area contributed by atoms with Crippen LogP contribution in [0.2, 0.25) is 0 Å². The van der Waals surface area contributed by atoms with E-state index in [9.17, 15) is 0 Å². The third kappa shape index (κ3) is 6.85. The predicted octanol–water partition coefficient (Wildman–Crippen LogP) is 5.88. The van der Waals surface area contributed by atoms with Crippen LogP contribution in [0.4, 0.5) is 0 Å². The zero-order chi connectivity index (χ0) is 24.9. The molecular weight excluding hydrogens is 535 g/mol. The SMILES string of the molecule is Cl.Cl.c1cc(C2=NCCN2)ccc1OCCCCOc1ccc(-c2cc3ccc(C4=NCCN4)cc3o2)cc1. The van der Waals surface area contributed by atoms with Gasteiger partial charge in [-0.15, -0.1) is 24.8 Å². The number of halogens is 2. The first-order valence-electron chi connectivity index (χ1n) is 12.9. The van der Waals surface area contributed by atoms with Crippen molar-refractivity contribution in [3.8, 4) is 22.8 Å². The molecule has 2 aliphatic heterocycles. The number of furan rings is 1. The lowest BCUT2D eigenvalue weighted by Crippen LogP contribution is -2.19. The summed E-state index contributed by atoms with van der Waals surface area (Å²) < 4.78 is 17.9. The summed E-state index contributed by atoms with van der Waals surface area (Å²) in [7, 11) is 0. The number of amidine groups is 2. The van der Waals surface area contributed by atoms with Gasteiger partial charge in [0.05, 0.1) is 26.3 Å². The molecule has 7 nitrogen and oxygen atoms in total. The van der Waals surface area contributed by atoms with Gasteiger partial charge < -0.3 is 24.5 Å². The third-order valence-electron chi connectivity index (χ3n) is 6.48. The van der Waals surface area contributed by atoms with Gasteiger partial charge in [0.2, 0.25) is 0 Å². The van der Waals surface area contributed by atoms with E-state index in [-0.39, 0.29) is 24.8 Å². The predicted molar refractivity (Wildman–Crippen MR) is 162 cm³/mol. The molecule has 3 aromatic carbocycles. The van der Waals surface area contributed by atoms with Gasteiger partial charge in [-0.25, -0.2) is 0 Å². The molecule has 204 valence electrons. The van der Waals surface area contributed by atoms with Gasteiger partial charge in [0.15, 0.2) is 0 Å². The highest BCUT2D eigenvalue weighted by atomic mass is 35.5. The second kappa shape index (κ2) is 13.4. The highest BCUT2D eigenvalue weighted by molar-refractivity contribution is 6.02. The minimum Gasteiger partial charge on any atom is -0.494 e. The minimum absolute atomic E-state index is 0. The van der Waals surface area contributed by atoms with Gasteiger partial charge in [-0.3, -0.25) is 9.98 Å². The molecule has 0 radical (unpaired) electrons. The smallest absolute Gasteiger partial charge is 0.135 e. The molecule has 0 fully saturated rings. The molecule has 0 saturated heterocycles. The summed E-state index contributed by atoms with van der Waals surface area (Å²) in [6.45, 7) is 4.79. The topological polar surface area (TPSA) is 80.4 Å². The van der Waals surface area contributed by atoms with E-state index in [1.165, 1.54) is 0 Å². The quantitative estimate of drug-likeness (QED) is 0.234. The fourth-order valence-electron chi connectivity index (χ4n) is 4.51. The lowest BCUT2D eigenvalue weighted by molar-refractivity contribution is 0.266. The summed E-state index contributed by atoms with van der Waals surface area (Å²) >= 11 is 0. The van der Waals surface area contributed by atoms with E-state index in [2.05, 4.69) is 44.9 Å². The van der Waals surface area contributed by atoms with Gasteiger partial charge >= 0.3 is 0 Å². The van der Waals surface area contributed by atoms with Crippen LogP contribution >= 0.6 is 24.8 Å². The maximum absolute atomic E-state index is 6.14. The van der Waals surface area contributed by atoms with Crippen LogP contribution in [-0.4, -0.2) is 51.1 Å². The molecule has 1 aromatic heterocycles. The molecule has 0 aliphatic carbocycles. The summed E-state index contributed by atoms with van der Waals surface area (Å²) in [5.41, 5.74) is 4.05. The van der Waals surface area contributed by atoms with Crippen LogP contribution < -0.4 is 20.1 Å². The van der Waals surface area contributed by atoms with Crippen LogP contribution in [0.1, 0.15) is 24.0 Å². The van der Waals surface area contributed by atoms with Gasteiger partial charge in [-0.2, -0.15) is 0 Å². The molecule has 4 aromatic rings. The average Bonchev–Trinajstić information content (AvgIpc) is 3.73. The molecule has 2 aliphatic rings. The molecule has 0 unspecified atom stereocenters. The molecular formula is C30H32Cl2N4O3. The number of benzene rings is 3. The number of nitrogens with zero attached hydrogens (tertiary/aromatic N) is 2. The number of hydrogen-bond acceptors (Lipinski definition) is 7. The van der Waals surface area contributed by atoms with E-state index in [1.807, 2.05) is 48.5 Å². The first-order chi connectivity index (χ1) is 18.3. The van der Waals surface area contributed by atoms with Crippen LogP contribution in [0.5, 0.6) is 11.5 Å². The summed E-state index contributed by atoms with van der Waals surface area (Å²) in [5, 5.41) is 7.67. The summed E-state index contributed by atoms with van der Waals surface area (Å²) in [4.78, 5) is 8.94. The van der Waals surface area contributed by atoms with Crippen molar-refractivity contribution in [3.63, 3.8) is 0 Å². The number of hydrogen-bond donors (Lipinski definition) is 2. The van der Waals surface area contributed by atoms with Crippen LogP contribution in [0, 0.1) is 0 Å². The van der Waals surface area contributed by atoms with Crippen LogP contribution in [0.15, 0.2) is 87.2 Å². The van der Waals surface area contributed by atoms with Gasteiger partial charge in [0.1, 0.15) is 34.5 Å². The normalized spacial score (nSPS) is 13.9. The Morgan fingerprint density at radius 2 is 1.18 bits per heavy atom. The monoisotopic (exact) mass is 566 g/mol. The van der Waals surface area contributed by atoms with Crippen molar-refractivity contribution in [2.45, 2.75) is 12.8 Å². The standard InChI is InChI=1S/C30H30N4O3.2ClH/c1(2-18-36-26-11-7-22(8-12-26)29-31-13-14-32-29)17-35-25-9-5-21(6-10-25)27-19-23-3-4-24(20-28(23)37-27)30-33-15-16-34-30;;/h3-12,19-20H,1-2,13-18H2,(H,31,32)(H,33,34);2*1H. The lowest BCUT2D eigenvalue weighted by atomic mass is 10.1. The number of nitrogens with one attached hydrogen (secondary N) is 2. The molecule has 0 bridgehead atoms. The maximum atomic E-state index is 6.14. The number of aliphatic imine (C=N–C) groups is 2. The molecule has 39 heavy (non-hydrogen) atoms. The molecule has 2 N–H and O–H groups in total. The molecule has 0 spiro atoms. The summed E-state index contributed by atoms with van der Waals surface area (Å²) in [6, 6.07) is 24.4. The van der Waals surface area contributed by atoms with E-state index >= 15 is 0 Å². The highest BCUT2D eigenvalue weighted by Gasteiger charge is 2.12. The van der Waals surface area contributed by atoms with E-state index in [0.717, 1.165) is 95.6 Å². The number of unbranched alkanes of at least 4 members (excludes halogenated alkanes) is 1. The first kappa shape index (κ1) is 28.3. The van der Waals surface area contributed by atoms with Crippen molar-refractivity contribution >= 4 is 47.5 Å². The van der Waals surface area contributed by atoms with E-state index in [1.54, 1.807) is 0 Å². The summed E-state index contributed by atoms with van der Waals surface area (Å²) in [5.74, 6) is 4.49. The first-order valence-corrected chi connectivity index (χ1v) is 12.9. The van der Waals surface area contributed by atoms with Crippen molar-refractivity contribution in [1.29, 1.82) is 0 Å². The van der Waals surface area contributed by atoms with E-state index < -0.39 is 0 Å². The van der Waals surface area contributed by atoms with Crippen LogP contribution in [0.3, 0.4) is 0 Å². The Balaban J connectivity index is 0.00000176. The van der Waals surface area contributed by atoms with Crippen molar-refractivity contribution in [2.75, 3.05) is 39.4 Å². The van der Waals surface area contributed by atoms with Crippen molar-refractivity contribution < 1.29 is 13.9 Å². The lowest BCUT2D eigenvalue weighted by Gasteiger charge is -2.09. The van der Waals surface area contributed by atoms with Crippen molar-refractivity contribution in [3.05, 3.63) is 83.9 Å². The molecule has 0 atom stereocenters. The Morgan fingerprint density at radius 3 is 1.74 bits per heavy atom. The number of ether oxygens (including phenoxy) is 2. The molecule has 0 saturated carbocycles. The Morgan fingerprint density at radius 1 is 0.641 bits per heavy atom. The van der Waals surface area contributed by atoms with Gasteiger partial charge in [0, 0.05) is 35.2 Å². The fourth-order valence-corrected chi connectivity index (χ4v) is 4.51. The Labute approximate surface area is 240 Å². The molecule has 9 heteroatoms. The second-order valence-electron chi connectivity index (χ2n) is 9.13. The Bertz CT molecular complexity index is 1430. The van der Waals surface area contributed by atoms with Crippen LogP contribution in [0.25, 0.3) is 22.3 Å².